The molecule has 1 aromatic heterocycles. The van der Waals surface area contributed by atoms with Gasteiger partial charge in [-0.25, -0.2) is 0 Å². The van der Waals surface area contributed by atoms with Crippen molar-refractivity contribution in [3.05, 3.63) is 24.2 Å². The fraction of sp³-hybridized carbons (Fsp3) is 0.750. The minimum absolute atomic E-state index is 0.341. The monoisotopic (exact) mass is 267 g/mol. The molecule has 0 aliphatic heterocycles. The van der Waals surface area contributed by atoms with Crippen molar-refractivity contribution in [2.75, 3.05) is 26.8 Å². The maximum Gasteiger partial charge on any atom is 0.0934 e. The summed E-state index contributed by atoms with van der Waals surface area (Å²) in [6.07, 6.45) is 9.76. The smallest absolute Gasteiger partial charge is 0.0934 e. The van der Waals surface area contributed by atoms with Crippen molar-refractivity contribution in [3.63, 3.8) is 0 Å². The van der Waals surface area contributed by atoms with Gasteiger partial charge in [0.15, 0.2) is 0 Å². The quantitative estimate of drug-likeness (QED) is 0.622. The molecule has 0 aliphatic carbocycles. The Labute approximate surface area is 117 Å². The molecule has 1 aromatic rings. The lowest BCUT2D eigenvalue weighted by Crippen LogP contribution is -2.37. The van der Waals surface area contributed by atoms with Crippen LogP contribution in [0.5, 0.6) is 0 Å². The second-order valence-electron chi connectivity index (χ2n) is 5.44. The van der Waals surface area contributed by atoms with Gasteiger partial charge in [-0.15, -0.1) is 0 Å². The molecule has 0 saturated carbocycles. The third kappa shape index (κ3) is 5.79. The van der Waals surface area contributed by atoms with Crippen LogP contribution in [0.25, 0.3) is 0 Å². The molecule has 1 atom stereocenters. The Balaban J connectivity index is 2.58. The molecule has 0 amide bonds. The zero-order valence-electron chi connectivity index (χ0n) is 12.7. The minimum Gasteiger partial charge on any atom is -0.472 e. The number of rotatable bonds is 11. The molecule has 0 radical (unpaired) electrons. The third-order valence-electron chi connectivity index (χ3n) is 3.95. The molecular formula is C16H29NO2. The van der Waals surface area contributed by atoms with Gasteiger partial charge in [0.05, 0.1) is 19.1 Å². The molecule has 0 aromatic carbocycles. The van der Waals surface area contributed by atoms with Crippen LogP contribution in [0.1, 0.15) is 45.1 Å². The minimum atomic E-state index is 0.341. The first-order valence-electron chi connectivity index (χ1n) is 7.47. The highest BCUT2D eigenvalue weighted by molar-refractivity contribution is 5.09. The van der Waals surface area contributed by atoms with Crippen molar-refractivity contribution in [2.45, 2.75) is 46.0 Å². The molecule has 110 valence electrons. The number of nitrogens with one attached hydrogen (secondary N) is 1. The van der Waals surface area contributed by atoms with E-state index in [0.29, 0.717) is 5.41 Å². The van der Waals surface area contributed by atoms with E-state index in [2.05, 4.69) is 25.2 Å². The summed E-state index contributed by atoms with van der Waals surface area (Å²) in [6, 6.07) is 2.09. The van der Waals surface area contributed by atoms with Crippen LogP contribution < -0.4 is 5.32 Å². The highest BCUT2D eigenvalue weighted by Gasteiger charge is 2.27. The van der Waals surface area contributed by atoms with Gasteiger partial charge in [0.1, 0.15) is 0 Å². The van der Waals surface area contributed by atoms with Crippen LogP contribution in [0.3, 0.4) is 0 Å². The van der Waals surface area contributed by atoms with Crippen molar-refractivity contribution in [1.82, 2.24) is 5.32 Å². The summed E-state index contributed by atoms with van der Waals surface area (Å²) in [5.41, 5.74) is 1.65. The molecule has 19 heavy (non-hydrogen) atoms. The summed E-state index contributed by atoms with van der Waals surface area (Å²) in [7, 11) is 1.75. The molecule has 3 nitrogen and oxygen atoms in total. The summed E-state index contributed by atoms with van der Waals surface area (Å²) < 4.78 is 10.3. The van der Waals surface area contributed by atoms with Crippen molar-refractivity contribution in [3.8, 4) is 0 Å². The molecule has 0 spiro atoms. The van der Waals surface area contributed by atoms with Gasteiger partial charge in [-0.05, 0) is 36.3 Å². The topological polar surface area (TPSA) is 34.4 Å². The van der Waals surface area contributed by atoms with E-state index in [4.69, 9.17) is 9.15 Å². The number of ether oxygens (including phenoxy) is 1. The van der Waals surface area contributed by atoms with Gasteiger partial charge < -0.3 is 14.5 Å². The van der Waals surface area contributed by atoms with Crippen LogP contribution in [-0.2, 0) is 11.2 Å². The lowest BCUT2D eigenvalue weighted by molar-refractivity contribution is 0.182. The van der Waals surface area contributed by atoms with Crippen LogP contribution in [0.2, 0.25) is 0 Å². The number of unbranched alkanes of at least 4 members (excludes halogenated alkanes) is 1. The molecule has 1 heterocycles. The summed E-state index contributed by atoms with van der Waals surface area (Å²) in [4.78, 5) is 0. The first-order valence-corrected chi connectivity index (χ1v) is 7.47. The molecule has 3 heteroatoms. The Morgan fingerprint density at radius 3 is 2.79 bits per heavy atom. The fourth-order valence-corrected chi connectivity index (χ4v) is 2.57. The van der Waals surface area contributed by atoms with E-state index in [1.807, 2.05) is 6.26 Å². The fourth-order valence-electron chi connectivity index (χ4n) is 2.57. The zero-order chi connectivity index (χ0) is 14.0. The Kier molecular flexibility index (Phi) is 7.84. The summed E-state index contributed by atoms with van der Waals surface area (Å²) in [5, 5.41) is 3.54. The van der Waals surface area contributed by atoms with E-state index < -0.39 is 0 Å². The first kappa shape index (κ1) is 16.3. The second kappa shape index (κ2) is 9.16. The first-order chi connectivity index (χ1) is 9.26. The Morgan fingerprint density at radius 2 is 2.21 bits per heavy atom. The molecular weight excluding hydrogens is 238 g/mol. The second-order valence-corrected chi connectivity index (χ2v) is 5.44. The van der Waals surface area contributed by atoms with Gasteiger partial charge in [0, 0.05) is 20.2 Å². The zero-order valence-corrected chi connectivity index (χ0v) is 12.7. The van der Waals surface area contributed by atoms with E-state index in [0.717, 1.165) is 26.1 Å². The summed E-state index contributed by atoms with van der Waals surface area (Å²) in [5.74, 6) is 0. The molecule has 0 aliphatic rings. The van der Waals surface area contributed by atoms with E-state index in [9.17, 15) is 0 Å². The third-order valence-corrected chi connectivity index (χ3v) is 3.95. The van der Waals surface area contributed by atoms with E-state index >= 15 is 0 Å². The maximum absolute atomic E-state index is 5.21. The number of hydrogen-bond donors (Lipinski definition) is 1. The molecule has 0 bridgehead atoms. The van der Waals surface area contributed by atoms with Crippen molar-refractivity contribution < 1.29 is 9.15 Å². The summed E-state index contributed by atoms with van der Waals surface area (Å²) >= 11 is 0. The maximum atomic E-state index is 5.21. The van der Waals surface area contributed by atoms with Gasteiger partial charge in [-0.1, -0.05) is 26.7 Å². The van der Waals surface area contributed by atoms with E-state index in [1.165, 1.54) is 31.2 Å². The largest absolute Gasteiger partial charge is 0.472 e. The van der Waals surface area contributed by atoms with Crippen molar-refractivity contribution >= 4 is 0 Å². The molecule has 0 saturated heterocycles. The Hall–Kier alpha value is -0.800. The average molecular weight is 267 g/mol. The normalized spacial score (nSPS) is 14.5. The highest BCUT2D eigenvalue weighted by atomic mass is 16.5. The highest BCUT2D eigenvalue weighted by Crippen LogP contribution is 2.32. The summed E-state index contributed by atoms with van der Waals surface area (Å²) in [6.45, 7) is 7.32. The Morgan fingerprint density at radius 1 is 1.37 bits per heavy atom. The van der Waals surface area contributed by atoms with Crippen molar-refractivity contribution in [1.29, 1.82) is 0 Å². The molecule has 1 N–H and O–H groups in total. The Bertz CT molecular complexity index is 311. The van der Waals surface area contributed by atoms with Gasteiger partial charge in [0.2, 0.25) is 0 Å². The van der Waals surface area contributed by atoms with Gasteiger partial charge >= 0.3 is 0 Å². The molecule has 1 unspecified atom stereocenters. The van der Waals surface area contributed by atoms with Crippen LogP contribution in [-0.4, -0.2) is 26.8 Å². The predicted molar refractivity (Wildman–Crippen MR) is 79.4 cm³/mol. The van der Waals surface area contributed by atoms with Crippen LogP contribution in [0.15, 0.2) is 23.0 Å². The van der Waals surface area contributed by atoms with Crippen molar-refractivity contribution in [2.24, 2.45) is 5.41 Å². The molecule has 0 fully saturated rings. The number of furan rings is 1. The average Bonchev–Trinajstić information content (AvgIpc) is 2.93. The van der Waals surface area contributed by atoms with Gasteiger partial charge in [-0.2, -0.15) is 0 Å². The van der Waals surface area contributed by atoms with E-state index in [-0.39, 0.29) is 0 Å². The van der Waals surface area contributed by atoms with Crippen LogP contribution in [0.4, 0.5) is 0 Å². The van der Waals surface area contributed by atoms with Crippen LogP contribution in [0, 0.1) is 5.41 Å². The standard InChI is InChI=1S/C16H29NO2/c1-4-6-8-16(5-2,14-17-9-11-18-3)12-15-7-10-19-13-15/h7,10,13,17H,4-6,8-9,11-12,14H2,1-3H3. The van der Waals surface area contributed by atoms with Crippen LogP contribution >= 0.6 is 0 Å². The lowest BCUT2D eigenvalue weighted by Gasteiger charge is -2.33. The van der Waals surface area contributed by atoms with Gasteiger partial charge in [0.25, 0.3) is 0 Å². The number of hydrogen-bond acceptors (Lipinski definition) is 3. The number of methoxy groups -OCH3 is 1. The molecule has 1 rings (SSSR count). The predicted octanol–water partition coefficient (Wildman–Crippen LogP) is 3.64. The lowest BCUT2D eigenvalue weighted by atomic mass is 9.75. The SMILES string of the molecule is CCCCC(CC)(CNCCOC)Cc1ccoc1. The van der Waals surface area contributed by atoms with Gasteiger partial charge in [-0.3, -0.25) is 0 Å². The van der Waals surface area contributed by atoms with E-state index in [1.54, 1.807) is 13.4 Å².